The molecule has 2 aromatic rings. The van der Waals surface area contributed by atoms with Gasteiger partial charge in [0.05, 0.1) is 6.04 Å². The zero-order valence-corrected chi connectivity index (χ0v) is 10.8. The fourth-order valence-electron chi connectivity index (χ4n) is 1.80. The van der Waals surface area contributed by atoms with Crippen LogP contribution in [-0.4, -0.2) is 9.55 Å². The highest BCUT2D eigenvalue weighted by Gasteiger charge is 2.09. The summed E-state index contributed by atoms with van der Waals surface area (Å²) in [7, 11) is 2.00. The zero-order valence-electron chi connectivity index (χ0n) is 10.0. The van der Waals surface area contributed by atoms with Crippen molar-refractivity contribution in [3.8, 4) is 0 Å². The Hall–Kier alpha value is -1.32. The summed E-state index contributed by atoms with van der Waals surface area (Å²) in [5, 5.41) is 4.20. The standard InChI is InChI=1S/C13H16ClN3/c1-10(13-15-6-7-17(13)2)16-9-11-4-3-5-12(14)8-11/h3-8,10,16H,9H2,1-2H3. The molecule has 0 fully saturated rings. The van der Waals surface area contributed by atoms with Gasteiger partial charge in [0, 0.05) is 31.0 Å². The van der Waals surface area contributed by atoms with Crippen LogP contribution in [-0.2, 0) is 13.6 Å². The number of imidazole rings is 1. The highest BCUT2D eigenvalue weighted by molar-refractivity contribution is 6.30. The van der Waals surface area contributed by atoms with E-state index in [2.05, 4.69) is 23.3 Å². The predicted octanol–water partition coefficient (Wildman–Crippen LogP) is 2.92. The third-order valence-electron chi connectivity index (χ3n) is 2.75. The van der Waals surface area contributed by atoms with Crippen LogP contribution in [0, 0.1) is 0 Å². The van der Waals surface area contributed by atoms with E-state index in [1.165, 1.54) is 5.56 Å². The van der Waals surface area contributed by atoms with E-state index in [-0.39, 0.29) is 6.04 Å². The Morgan fingerprint density at radius 2 is 2.29 bits per heavy atom. The second-order valence-electron chi connectivity index (χ2n) is 4.13. The molecule has 0 saturated heterocycles. The maximum atomic E-state index is 5.94. The van der Waals surface area contributed by atoms with Crippen LogP contribution in [0.5, 0.6) is 0 Å². The zero-order chi connectivity index (χ0) is 12.3. The lowest BCUT2D eigenvalue weighted by Gasteiger charge is -2.13. The maximum Gasteiger partial charge on any atom is 0.125 e. The van der Waals surface area contributed by atoms with Gasteiger partial charge in [0.25, 0.3) is 0 Å². The summed E-state index contributed by atoms with van der Waals surface area (Å²) in [6.45, 7) is 2.89. The van der Waals surface area contributed by atoms with E-state index in [1.807, 2.05) is 42.2 Å². The molecule has 0 amide bonds. The first-order valence-corrected chi connectivity index (χ1v) is 5.99. The Morgan fingerprint density at radius 1 is 1.47 bits per heavy atom. The highest BCUT2D eigenvalue weighted by atomic mass is 35.5. The summed E-state index contributed by atoms with van der Waals surface area (Å²) in [6, 6.07) is 8.09. The van der Waals surface area contributed by atoms with Crippen molar-refractivity contribution >= 4 is 11.6 Å². The first-order valence-electron chi connectivity index (χ1n) is 5.62. The van der Waals surface area contributed by atoms with Gasteiger partial charge in [-0.05, 0) is 24.6 Å². The molecule has 3 nitrogen and oxygen atoms in total. The van der Waals surface area contributed by atoms with E-state index in [0.717, 1.165) is 17.4 Å². The van der Waals surface area contributed by atoms with Crippen LogP contribution in [0.4, 0.5) is 0 Å². The number of halogens is 1. The van der Waals surface area contributed by atoms with Crippen LogP contribution in [0.1, 0.15) is 24.4 Å². The van der Waals surface area contributed by atoms with Crippen molar-refractivity contribution in [2.24, 2.45) is 7.05 Å². The van der Waals surface area contributed by atoms with E-state index in [9.17, 15) is 0 Å². The predicted molar refractivity (Wildman–Crippen MR) is 69.9 cm³/mol. The average Bonchev–Trinajstić information content (AvgIpc) is 2.72. The minimum atomic E-state index is 0.217. The van der Waals surface area contributed by atoms with Crippen LogP contribution >= 0.6 is 11.6 Å². The van der Waals surface area contributed by atoms with Crippen molar-refractivity contribution in [3.63, 3.8) is 0 Å². The molecule has 2 rings (SSSR count). The summed E-state index contributed by atoms with van der Waals surface area (Å²) in [5.74, 6) is 1.03. The minimum Gasteiger partial charge on any atom is -0.337 e. The van der Waals surface area contributed by atoms with Gasteiger partial charge in [-0.1, -0.05) is 23.7 Å². The number of rotatable bonds is 4. The van der Waals surface area contributed by atoms with E-state index in [0.29, 0.717) is 0 Å². The molecule has 0 saturated carbocycles. The molecule has 0 radical (unpaired) electrons. The third kappa shape index (κ3) is 3.08. The topological polar surface area (TPSA) is 29.9 Å². The van der Waals surface area contributed by atoms with Gasteiger partial charge in [0.2, 0.25) is 0 Å². The van der Waals surface area contributed by atoms with Crippen LogP contribution in [0.25, 0.3) is 0 Å². The third-order valence-corrected chi connectivity index (χ3v) is 2.98. The second kappa shape index (κ2) is 5.34. The SMILES string of the molecule is CC(NCc1cccc(Cl)c1)c1nccn1C. The van der Waals surface area contributed by atoms with Gasteiger partial charge in [-0.25, -0.2) is 4.98 Å². The number of aryl methyl sites for hydroxylation is 1. The normalized spacial score (nSPS) is 12.6. The van der Waals surface area contributed by atoms with Crippen molar-refractivity contribution in [2.45, 2.75) is 19.5 Å². The highest BCUT2D eigenvalue weighted by Crippen LogP contribution is 2.13. The molecule has 0 aliphatic rings. The Bertz CT molecular complexity index is 493. The summed E-state index contributed by atoms with van der Waals surface area (Å²) in [4.78, 5) is 4.32. The van der Waals surface area contributed by atoms with E-state index in [1.54, 1.807) is 0 Å². The first-order chi connectivity index (χ1) is 8.16. The van der Waals surface area contributed by atoms with E-state index < -0.39 is 0 Å². The van der Waals surface area contributed by atoms with Crippen molar-refractivity contribution in [3.05, 3.63) is 53.1 Å². The van der Waals surface area contributed by atoms with Gasteiger partial charge in [-0.2, -0.15) is 0 Å². The molecular formula is C13H16ClN3. The number of nitrogens with one attached hydrogen (secondary N) is 1. The van der Waals surface area contributed by atoms with Gasteiger partial charge >= 0.3 is 0 Å². The molecule has 1 unspecified atom stereocenters. The largest absolute Gasteiger partial charge is 0.337 e. The quantitative estimate of drug-likeness (QED) is 0.903. The van der Waals surface area contributed by atoms with Crippen molar-refractivity contribution in [2.75, 3.05) is 0 Å². The Morgan fingerprint density at radius 3 is 2.94 bits per heavy atom. The number of benzene rings is 1. The first kappa shape index (κ1) is 12.1. The number of nitrogens with zero attached hydrogens (tertiary/aromatic N) is 2. The van der Waals surface area contributed by atoms with E-state index >= 15 is 0 Å². The average molecular weight is 250 g/mol. The second-order valence-corrected chi connectivity index (χ2v) is 4.57. The Labute approximate surface area is 106 Å². The fourth-order valence-corrected chi connectivity index (χ4v) is 2.02. The van der Waals surface area contributed by atoms with Gasteiger partial charge in [0.15, 0.2) is 0 Å². The van der Waals surface area contributed by atoms with Gasteiger partial charge in [-0.15, -0.1) is 0 Å². The van der Waals surface area contributed by atoms with E-state index in [4.69, 9.17) is 11.6 Å². The molecule has 0 bridgehead atoms. The molecule has 17 heavy (non-hydrogen) atoms. The number of hydrogen-bond acceptors (Lipinski definition) is 2. The summed E-state index contributed by atoms with van der Waals surface area (Å²) in [6.07, 6.45) is 3.76. The van der Waals surface area contributed by atoms with Crippen LogP contribution in [0.2, 0.25) is 5.02 Å². The lowest BCUT2D eigenvalue weighted by molar-refractivity contribution is 0.530. The fraction of sp³-hybridized carbons (Fsp3) is 0.308. The summed E-state index contributed by atoms with van der Waals surface area (Å²) in [5.41, 5.74) is 1.18. The van der Waals surface area contributed by atoms with Crippen LogP contribution in [0.3, 0.4) is 0 Å². The maximum absolute atomic E-state index is 5.94. The van der Waals surface area contributed by atoms with Gasteiger partial charge < -0.3 is 9.88 Å². The van der Waals surface area contributed by atoms with Crippen LogP contribution < -0.4 is 5.32 Å². The van der Waals surface area contributed by atoms with Gasteiger partial charge in [-0.3, -0.25) is 0 Å². The molecule has 0 aliphatic heterocycles. The molecule has 1 heterocycles. The smallest absolute Gasteiger partial charge is 0.125 e. The monoisotopic (exact) mass is 249 g/mol. The molecular weight excluding hydrogens is 234 g/mol. The van der Waals surface area contributed by atoms with Crippen LogP contribution in [0.15, 0.2) is 36.7 Å². The van der Waals surface area contributed by atoms with Crippen molar-refractivity contribution in [1.29, 1.82) is 0 Å². The molecule has 1 aromatic heterocycles. The van der Waals surface area contributed by atoms with Gasteiger partial charge in [0.1, 0.15) is 5.82 Å². The molecule has 1 N–H and O–H groups in total. The molecule has 0 aliphatic carbocycles. The lowest BCUT2D eigenvalue weighted by atomic mass is 10.2. The molecule has 1 atom stereocenters. The van der Waals surface area contributed by atoms with Crippen molar-refractivity contribution in [1.82, 2.24) is 14.9 Å². The summed E-state index contributed by atoms with van der Waals surface area (Å²) >= 11 is 5.94. The van der Waals surface area contributed by atoms with Crippen molar-refractivity contribution < 1.29 is 0 Å². The summed E-state index contributed by atoms with van der Waals surface area (Å²) < 4.78 is 2.02. The number of hydrogen-bond donors (Lipinski definition) is 1. The molecule has 0 spiro atoms. The number of aromatic nitrogens is 2. The molecule has 4 heteroatoms. The minimum absolute atomic E-state index is 0.217. The molecule has 90 valence electrons. The molecule has 1 aromatic carbocycles. The lowest BCUT2D eigenvalue weighted by Crippen LogP contribution is -2.20. The Balaban J connectivity index is 1.97. The Kier molecular flexibility index (Phi) is 3.82.